The third kappa shape index (κ3) is 2.84. The third-order valence-electron chi connectivity index (χ3n) is 2.21. The Labute approximate surface area is 109 Å². The topological polar surface area (TPSA) is 68.7 Å². The van der Waals surface area contributed by atoms with E-state index in [2.05, 4.69) is 10.2 Å². The number of hydrogen-bond donors (Lipinski definition) is 1. The lowest BCUT2D eigenvalue weighted by molar-refractivity contribution is 0.475. The first-order chi connectivity index (χ1) is 8.69. The highest BCUT2D eigenvalue weighted by Crippen LogP contribution is 2.28. The number of rotatable bonds is 2. The van der Waals surface area contributed by atoms with E-state index in [0.29, 0.717) is 16.9 Å². The molecule has 5 heteroatoms. The smallest absolute Gasteiger partial charge is 0.134 e. The lowest BCUT2D eigenvalue weighted by Crippen LogP contribution is -1.71. The second-order valence-corrected chi connectivity index (χ2v) is 3.90. The summed E-state index contributed by atoms with van der Waals surface area (Å²) >= 11 is 5.75. The highest BCUT2D eigenvalue weighted by molar-refractivity contribution is 6.32. The highest BCUT2D eigenvalue weighted by atomic mass is 35.5. The van der Waals surface area contributed by atoms with Crippen LogP contribution in [0, 0.1) is 11.3 Å². The van der Waals surface area contributed by atoms with E-state index in [4.69, 9.17) is 16.9 Å². The van der Waals surface area contributed by atoms with Crippen LogP contribution in [-0.4, -0.2) is 5.11 Å². The normalized spacial score (nSPS) is 10.4. The molecular weight excluding hydrogens is 250 g/mol. The molecule has 0 bridgehead atoms. The van der Waals surface area contributed by atoms with Crippen molar-refractivity contribution in [3.05, 3.63) is 53.1 Å². The number of nitriles is 1. The SMILES string of the molecule is N#Cc1ccc(/N=N/c2ccc(O)c(Cl)c2)cc1. The largest absolute Gasteiger partial charge is 0.506 e. The second-order valence-electron chi connectivity index (χ2n) is 3.49. The molecule has 0 aliphatic carbocycles. The van der Waals surface area contributed by atoms with E-state index in [1.807, 2.05) is 6.07 Å². The molecule has 0 spiro atoms. The minimum Gasteiger partial charge on any atom is -0.506 e. The maximum atomic E-state index is 9.25. The van der Waals surface area contributed by atoms with Crippen molar-refractivity contribution >= 4 is 23.0 Å². The number of nitrogens with zero attached hydrogens (tertiary/aromatic N) is 3. The summed E-state index contributed by atoms with van der Waals surface area (Å²) in [5, 5.41) is 26.1. The molecular formula is C13H8ClN3O. The molecule has 0 amide bonds. The maximum Gasteiger partial charge on any atom is 0.134 e. The van der Waals surface area contributed by atoms with Gasteiger partial charge >= 0.3 is 0 Å². The van der Waals surface area contributed by atoms with Crippen molar-refractivity contribution < 1.29 is 5.11 Å². The zero-order valence-electron chi connectivity index (χ0n) is 9.21. The van der Waals surface area contributed by atoms with Crippen molar-refractivity contribution in [2.75, 3.05) is 0 Å². The van der Waals surface area contributed by atoms with Gasteiger partial charge in [0.1, 0.15) is 5.75 Å². The first-order valence-electron chi connectivity index (χ1n) is 5.09. The summed E-state index contributed by atoms with van der Waals surface area (Å²) in [7, 11) is 0. The monoisotopic (exact) mass is 257 g/mol. The van der Waals surface area contributed by atoms with Crippen LogP contribution in [0.2, 0.25) is 5.02 Å². The summed E-state index contributed by atoms with van der Waals surface area (Å²) in [6.45, 7) is 0. The van der Waals surface area contributed by atoms with E-state index in [9.17, 15) is 5.11 Å². The molecule has 0 saturated carbocycles. The molecule has 88 valence electrons. The average Bonchev–Trinajstić information content (AvgIpc) is 2.41. The van der Waals surface area contributed by atoms with Crippen LogP contribution in [0.5, 0.6) is 5.75 Å². The standard InChI is InChI=1S/C13H8ClN3O/c14-12-7-11(5-6-13(12)18)17-16-10-3-1-9(8-15)2-4-10/h1-7,18H/b17-16+. The van der Waals surface area contributed by atoms with E-state index in [0.717, 1.165) is 0 Å². The summed E-state index contributed by atoms with van der Waals surface area (Å²) in [5.74, 6) is 0.00832. The zero-order valence-corrected chi connectivity index (χ0v) is 9.96. The van der Waals surface area contributed by atoms with Crippen LogP contribution in [0.1, 0.15) is 5.56 Å². The fourth-order valence-corrected chi connectivity index (χ4v) is 1.45. The number of phenolic OH excluding ortho intramolecular Hbond substituents is 1. The van der Waals surface area contributed by atoms with Gasteiger partial charge in [0.2, 0.25) is 0 Å². The van der Waals surface area contributed by atoms with Crippen molar-refractivity contribution in [3.63, 3.8) is 0 Å². The Kier molecular flexibility index (Phi) is 3.56. The van der Waals surface area contributed by atoms with Gasteiger partial charge in [-0.05, 0) is 42.5 Å². The van der Waals surface area contributed by atoms with Gasteiger partial charge in [0.25, 0.3) is 0 Å². The highest BCUT2D eigenvalue weighted by Gasteiger charge is 1.98. The fourth-order valence-electron chi connectivity index (χ4n) is 1.28. The quantitative estimate of drug-likeness (QED) is 0.814. The Morgan fingerprint density at radius 1 is 1.00 bits per heavy atom. The van der Waals surface area contributed by atoms with Crippen molar-refractivity contribution in [1.82, 2.24) is 0 Å². The predicted octanol–water partition coefficient (Wildman–Crippen LogP) is 4.33. The molecule has 1 N–H and O–H groups in total. The van der Waals surface area contributed by atoms with E-state index in [1.54, 1.807) is 30.3 Å². The summed E-state index contributed by atoms with van der Waals surface area (Å²) in [6.07, 6.45) is 0. The number of phenols is 1. The van der Waals surface area contributed by atoms with Gasteiger partial charge in [-0.3, -0.25) is 0 Å². The molecule has 18 heavy (non-hydrogen) atoms. The molecule has 0 saturated heterocycles. The molecule has 2 rings (SSSR count). The summed E-state index contributed by atoms with van der Waals surface area (Å²) < 4.78 is 0. The number of benzene rings is 2. The van der Waals surface area contributed by atoms with Crippen LogP contribution in [-0.2, 0) is 0 Å². The molecule has 0 atom stereocenters. The second kappa shape index (κ2) is 5.30. The molecule has 0 aromatic heterocycles. The third-order valence-corrected chi connectivity index (χ3v) is 2.51. The Hall–Kier alpha value is -2.38. The van der Waals surface area contributed by atoms with Gasteiger partial charge in [0.15, 0.2) is 0 Å². The van der Waals surface area contributed by atoms with Crippen molar-refractivity contribution in [2.45, 2.75) is 0 Å². The fraction of sp³-hybridized carbons (Fsp3) is 0. The number of aromatic hydroxyl groups is 1. The van der Waals surface area contributed by atoms with Crippen LogP contribution in [0.3, 0.4) is 0 Å². The van der Waals surface area contributed by atoms with Gasteiger partial charge in [-0.25, -0.2) is 0 Å². The van der Waals surface area contributed by atoms with Crippen molar-refractivity contribution in [1.29, 1.82) is 5.26 Å². The summed E-state index contributed by atoms with van der Waals surface area (Å²) in [5.41, 5.74) is 1.75. The van der Waals surface area contributed by atoms with Crippen LogP contribution < -0.4 is 0 Å². The van der Waals surface area contributed by atoms with Gasteiger partial charge in [-0.1, -0.05) is 11.6 Å². The van der Waals surface area contributed by atoms with Crippen LogP contribution in [0.15, 0.2) is 52.7 Å². The Balaban J connectivity index is 2.19. The molecule has 0 fully saturated rings. The Morgan fingerprint density at radius 2 is 1.61 bits per heavy atom. The molecule has 0 aliphatic rings. The summed E-state index contributed by atoms with van der Waals surface area (Å²) in [6, 6.07) is 13.3. The average molecular weight is 258 g/mol. The van der Waals surface area contributed by atoms with Crippen molar-refractivity contribution in [3.8, 4) is 11.8 Å². The summed E-state index contributed by atoms with van der Waals surface area (Å²) in [4.78, 5) is 0. The van der Waals surface area contributed by atoms with Gasteiger partial charge in [-0.15, -0.1) is 0 Å². The van der Waals surface area contributed by atoms with Gasteiger partial charge in [-0.2, -0.15) is 15.5 Å². The molecule has 2 aromatic rings. The lowest BCUT2D eigenvalue weighted by atomic mass is 10.2. The molecule has 0 unspecified atom stereocenters. The van der Waals surface area contributed by atoms with E-state index in [-0.39, 0.29) is 10.8 Å². The molecule has 4 nitrogen and oxygen atoms in total. The first-order valence-corrected chi connectivity index (χ1v) is 5.47. The molecule has 0 heterocycles. The lowest BCUT2D eigenvalue weighted by Gasteiger charge is -1.97. The molecule has 2 aromatic carbocycles. The van der Waals surface area contributed by atoms with E-state index < -0.39 is 0 Å². The Bertz CT molecular complexity index is 630. The number of hydrogen-bond acceptors (Lipinski definition) is 4. The zero-order chi connectivity index (χ0) is 13.0. The van der Waals surface area contributed by atoms with Crippen molar-refractivity contribution in [2.24, 2.45) is 10.2 Å². The minimum absolute atomic E-state index is 0.00832. The predicted molar refractivity (Wildman–Crippen MR) is 68.4 cm³/mol. The van der Waals surface area contributed by atoms with Gasteiger partial charge in [0.05, 0.1) is 28.0 Å². The van der Waals surface area contributed by atoms with E-state index in [1.165, 1.54) is 12.1 Å². The number of azo groups is 1. The van der Waals surface area contributed by atoms with E-state index >= 15 is 0 Å². The minimum atomic E-state index is 0.00832. The first kappa shape index (κ1) is 12.1. The maximum absolute atomic E-state index is 9.25. The number of halogens is 1. The molecule has 0 aliphatic heterocycles. The molecule has 0 radical (unpaired) electrons. The van der Waals surface area contributed by atoms with Crippen LogP contribution in [0.25, 0.3) is 0 Å². The van der Waals surface area contributed by atoms with Crippen LogP contribution >= 0.6 is 11.6 Å². The Morgan fingerprint density at radius 3 is 2.22 bits per heavy atom. The van der Waals surface area contributed by atoms with Crippen LogP contribution in [0.4, 0.5) is 11.4 Å². The van der Waals surface area contributed by atoms with Gasteiger partial charge in [0, 0.05) is 0 Å². The van der Waals surface area contributed by atoms with Gasteiger partial charge < -0.3 is 5.11 Å².